The lowest BCUT2D eigenvalue weighted by Crippen LogP contribution is -2.63. The van der Waals surface area contributed by atoms with Gasteiger partial charge in [0.1, 0.15) is 0 Å². The van der Waals surface area contributed by atoms with Crippen LogP contribution in [-0.4, -0.2) is 15.6 Å². The molecule has 0 saturated heterocycles. The van der Waals surface area contributed by atoms with E-state index in [1.807, 2.05) is 20.9 Å². The molecule has 1 fully saturated rings. The first kappa shape index (κ1) is 9.65. The van der Waals surface area contributed by atoms with Gasteiger partial charge < -0.3 is 10.3 Å². The number of hydrogen-bond acceptors (Lipinski definition) is 2. The van der Waals surface area contributed by atoms with E-state index in [1.165, 1.54) is 0 Å². The minimum absolute atomic E-state index is 0.0745. The van der Waals surface area contributed by atoms with Crippen LogP contribution in [0.25, 0.3) is 0 Å². The fourth-order valence-corrected chi connectivity index (χ4v) is 2.04. The van der Waals surface area contributed by atoms with Gasteiger partial charge in [-0.15, -0.1) is 0 Å². The smallest absolute Gasteiger partial charge is 0.162 e. The van der Waals surface area contributed by atoms with Crippen LogP contribution in [0.2, 0.25) is 0 Å². The van der Waals surface area contributed by atoms with E-state index >= 15 is 0 Å². The zero-order valence-electron chi connectivity index (χ0n) is 8.79. The van der Waals surface area contributed by atoms with Crippen molar-refractivity contribution in [3.05, 3.63) is 18.2 Å². The molecule has 0 amide bonds. The van der Waals surface area contributed by atoms with Crippen molar-refractivity contribution in [2.24, 2.45) is 18.2 Å². The van der Waals surface area contributed by atoms with Gasteiger partial charge in [0.25, 0.3) is 0 Å². The predicted molar refractivity (Wildman–Crippen MR) is 52.4 cm³/mol. The molecule has 1 aromatic heterocycles. The van der Waals surface area contributed by atoms with E-state index in [0.29, 0.717) is 12.1 Å². The van der Waals surface area contributed by atoms with Gasteiger partial charge in [-0.3, -0.25) is 0 Å². The molecular weight excluding hydrogens is 181 g/mol. The lowest BCUT2D eigenvalue weighted by molar-refractivity contribution is -0.111. The molecule has 0 aliphatic heterocycles. The molecule has 1 aromatic rings. The summed E-state index contributed by atoms with van der Waals surface area (Å²) in [5.41, 5.74) is 4.44. The van der Waals surface area contributed by atoms with Crippen LogP contribution in [0.5, 0.6) is 0 Å². The molecule has 1 saturated carbocycles. The van der Waals surface area contributed by atoms with Gasteiger partial charge in [-0.05, 0) is 0 Å². The summed E-state index contributed by atoms with van der Waals surface area (Å²) >= 11 is 0. The fraction of sp³-hybridized carbons (Fsp3) is 0.700. The van der Waals surface area contributed by atoms with Gasteiger partial charge in [-0.25, -0.2) is 9.37 Å². The van der Waals surface area contributed by atoms with E-state index in [-0.39, 0.29) is 6.04 Å². The third kappa shape index (κ3) is 0.974. The molecule has 3 nitrogen and oxygen atoms in total. The van der Waals surface area contributed by atoms with Gasteiger partial charge in [0, 0.05) is 31.1 Å². The highest BCUT2D eigenvalue weighted by molar-refractivity contribution is 5.23. The molecule has 2 N–H and O–H groups in total. The number of rotatable bonds is 1. The maximum Gasteiger partial charge on any atom is 0.162 e. The van der Waals surface area contributed by atoms with Gasteiger partial charge in [0.15, 0.2) is 5.67 Å². The highest BCUT2D eigenvalue weighted by Gasteiger charge is 2.61. The van der Waals surface area contributed by atoms with Crippen molar-refractivity contribution in [3.8, 4) is 0 Å². The highest BCUT2D eigenvalue weighted by atomic mass is 19.1. The molecule has 4 heteroatoms. The Kier molecular flexibility index (Phi) is 1.77. The van der Waals surface area contributed by atoms with Gasteiger partial charge in [-0.2, -0.15) is 0 Å². The van der Waals surface area contributed by atoms with Crippen LogP contribution in [0.1, 0.15) is 26.0 Å². The van der Waals surface area contributed by atoms with Crippen LogP contribution in [0, 0.1) is 5.41 Å². The Bertz CT molecular complexity index is 358. The Labute approximate surface area is 83.1 Å². The van der Waals surface area contributed by atoms with Gasteiger partial charge in [0.2, 0.25) is 0 Å². The number of alkyl halides is 1. The molecule has 78 valence electrons. The third-order valence-electron chi connectivity index (χ3n) is 3.56. The van der Waals surface area contributed by atoms with Crippen molar-refractivity contribution >= 4 is 0 Å². The summed E-state index contributed by atoms with van der Waals surface area (Å²) in [4.78, 5) is 4.07. The summed E-state index contributed by atoms with van der Waals surface area (Å²) < 4.78 is 16.3. The number of aromatic nitrogens is 2. The average molecular weight is 197 g/mol. The first-order chi connectivity index (χ1) is 6.38. The molecule has 2 rings (SSSR count). The van der Waals surface area contributed by atoms with E-state index in [1.54, 1.807) is 17.1 Å². The molecular formula is C10H16FN3. The summed E-state index contributed by atoms with van der Waals surface area (Å²) in [6.07, 6.45) is 3.72. The number of nitrogens with two attached hydrogens (primary N) is 1. The minimum atomic E-state index is -1.35. The number of halogens is 1. The van der Waals surface area contributed by atoms with Crippen molar-refractivity contribution in [2.45, 2.75) is 32.0 Å². The van der Waals surface area contributed by atoms with E-state index in [2.05, 4.69) is 4.98 Å². The topological polar surface area (TPSA) is 43.8 Å². The number of hydrogen-bond donors (Lipinski definition) is 1. The van der Waals surface area contributed by atoms with Crippen molar-refractivity contribution in [2.75, 3.05) is 0 Å². The first-order valence-corrected chi connectivity index (χ1v) is 4.81. The van der Waals surface area contributed by atoms with Crippen LogP contribution in [0.3, 0.4) is 0 Å². The highest BCUT2D eigenvalue weighted by Crippen LogP contribution is 2.57. The van der Waals surface area contributed by atoms with Crippen molar-refractivity contribution < 1.29 is 4.39 Å². The third-order valence-corrected chi connectivity index (χ3v) is 3.56. The Morgan fingerprint density at radius 1 is 1.64 bits per heavy atom. The molecule has 14 heavy (non-hydrogen) atoms. The fourth-order valence-electron chi connectivity index (χ4n) is 2.04. The van der Waals surface area contributed by atoms with Crippen LogP contribution < -0.4 is 5.73 Å². The van der Waals surface area contributed by atoms with Crippen LogP contribution in [0.15, 0.2) is 12.5 Å². The van der Waals surface area contributed by atoms with E-state index in [0.717, 1.165) is 0 Å². The maximum absolute atomic E-state index is 14.5. The molecule has 0 aromatic carbocycles. The average Bonchev–Trinajstić information content (AvgIpc) is 2.52. The van der Waals surface area contributed by atoms with E-state index in [4.69, 9.17) is 5.73 Å². The van der Waals surface area contributed by atoms with Gasteiger partial charge in [0.05, 0.1) is 12.0 Å². The lowest BCUT2D eigenvalue weighted by Gasteiger charge is -2.54. The molecule has 0 radical (unpaired) electrons. The summed E-state index contributed by atoms with van der Waals surface area (Å²) in [6, 6.07) is -0.0745. The molecule has 1 aliphatic carbocycles. The SMILES string of the molecule is Cn1cnc(C2(F)CC(N)C2(C)C)c1. The Balaban J connectivity index is 2.36. The molecule has 0 bridgehead atoms. The van der Waals surface area contributed by atoms with E-state index < -0.39 is 11.1 Å². The zero-order chi connectivity index (χ0) is 10.6. The second kappa shape index (κ2) is 2.57. The van der Waals surface area contributed by atoms with E-state index in [9.17, 15) is 4.39 Å². The monoisotopic (exact) mass is 197 g/mol. The second-order valence-electron chi connectivity index (χ2n) is 4.76. The normalized spacial score (nSPS) is 35.4. The van der Waals surface area contributed by atoms with Gasteiger partial charge >= 0.3 is 0 Å². The van der Waals surface area contributed by atoms with Crippen molar-refractivity contribution in [1.82, 2.24) is 9.55 Å². The molecule has 2 atom stereocenters. The van der Waals surface area contributed by atoms with Crippen LogP contribution in [-0.2, 0) is 12.7 Å². The Hall–Kier alpha value is -0.900. The standard InChI is InChI=1S/C10H16FN3/c1-9(2)7(12)4-10(9,11)8-5-14(3)6-13-8/h5-7H,4,12H2,1-3H3. The Morgan fingerprint density at radius 2 is 2.29 bits per heavy atom. The zero-order valence-corrected chi connectivity index (χ0v) is 8.79. The summed E-state index contributed by atoms with van der Waals surface area (Å²) in [7, 11) is 1.84. The number of nitrogens with zero attached hydrogens (tertiary/aromatic N) is 2. The quantitative estimate of drug-likeness (QED) is 0.738. The number of aryl methyl sites for hydroxylation is 1. The summed E-state index contributed by atoms with van der Waals surface area (Å²) in [5.74, 6) is 0. The van der Waals surface area contributed by atoms with Crippen LogP contribution >= 0.6 is 0 Å². The van der Waals surface area contributed by atoms with Crippen LogP contribution in [0.4, 0.5) is 4.39 Å². The number of imidazole rings is 1. The van der Waals surface area contributed by atoms with Crippen molar-refractivity contribution in [3.63, 3.8) is 0 Å². The van der Waals surface area contributed by atoms with Crippen molar-refractivity contribution in [1.29, 1.82) is 0 Å². The molecule has 0 spiro atoms. The molecule has 2 unspecified atom stereocenters. The predicted octanol–water partition coefficient (Wildman–Crippen LogP) is 1.34. The molecule has 1 heterocycles. The summed E-state index contributed by atoms with van der Waals surface area (Å²) in [6.45, 7) is 3.71. The lowest BCUT2D eigenvalue weighted by atomic mass is 9.55. The van der Waals surface area contributed by atoms with Gasteiger partial charge in [-0.1, -0.05) is 13.8 Å². The Morgan fingerprint density at radius 3 is 2.64 bits per heavy atom. The summed E-state index contributed by atoms with van der Waals surface area (Å²) in [5, 5.41) is 0. The molecule has 1 aliphatic rings. The first-order valence-electron chi connectivity index (χ1n) is 4.81. The second-order valence-corrected chi connectivity index (χ2v) is 4.76. The maximum atomic E-state index is 14.5. The largest absolute Gasteiger partial charge is 0.340 e. The minimum Gasteiger partial charge on any atom is -0.340 e.